The molecule has 4 nitrogen and oxygen atoms in total. The van der Waals surface area contributed by atoms with E-state index in [1.54, 1.807) is 18.4 Å². The minimum Gasteiger partial charge on any atom is -0.383 e. The standard InChI is InChI=1S/C13H25N3OS/c1-10(2)14-8-12-9-18-13(15-12)16(11(3)4)6-7-17-5/h9-11,14H,6-8H2,1-5H3. The summed E-state index contributed by atoms with van der Waals surface area (Å²) in [6.07, 6.45) is 0. The van der Waals surface area contributed by atoms with E-state index in [1.165, 1.54) is 0 Å². The molecule has 0 aromatic carbocycles. The fourth-order valence-corrected chi connectivity index (χ4v) is 2.57. The van der Waals surface area contributed by atoms with Crippen molar-refractivity contribution < 1.29 is 4.74 Å². The lowest BCUT2D eigenvalue weighted by Crippen LogP contribution is -2.33. The number of hydrogen-bond acceptors (Lipinski definition) is 5. The molecule has 0 bridgehead atoms. The third-order valence-corrected chi connectivity index (χ3v) is 3.56. The molecule has 0 aliphatic heterocycles. The molecule has 0 saturated carbocycles. The van der Waals surface area contributed by atoms with E-state index < -0.39 is 0 Å². The summed E-state index contributed by atoms with van der Waals surface area (Å²) in [5.41, 5.74) is 1.12. The number of nitrogens with zero attached hydrogens (tertiary/aromatic N) is 2. The lowest BCUT2D eigenvalue weighted by Gasteiger charge is -2.25. The van der Waals surface area contributed by atoms with Gasteiger partial charge in [-0.25, -0.2) is 4.98 Å². The Morgan fingerprint density at radius 1 is 1.39 bits per heavy atom. The number of rotatable bonds is 8. The molecule has 18 heavy (non-hydrogen) atoms. The maximum Gasteiger partial charge on any atom is 0.185 e. The second-order valence-corrected chi connectivity index (χ2v) is 5.77. The van der Waals surface area contributed by atoms with Crippen LogP contribution >= 0.6 is 11.3 Å². The van der Waals surface area contributed by atoms with E-state index in [9.17, 15) is 0 Å². The average Bonchev–Trinajstić information content (AvgIpc) is 2.75. The van der Waals surface area contributed by atoms with E-state index in [1.807, 2.05) is 0 Å². The molecule has 1 N–H and O–H groups in total. The first-order chi connectivity index (χ1) is 8.54. The first-order valence-corrected chi connectivity index (χ1v) is 7.36. The van der Waals surface area contributed by atoms with Crippen LogP contribution in [0.3, 0.4) is 0 Å². The quantitative estimate of drug-likeness (QED) is 0.788. The molecule has 0 aliphatic carbocycles. The zero-order valence-electron chi connectivity index (χ0n) is 12.1. The molecule has 5 heteroatoms. The van der Waals surface area contributed by atoms with Crippen molar-refractivity contribution in [3.8, 4) is 0 Å². The van der Waals surface area contributed by atoms with Crippen molar-refractivity contribution >= 4 is 16.5 Å². The lowest BCUT2D eigenvalue weighted by atomic mass is 10.3. The molecule has 1 aromatic rings. The summed E-state index contributed by atoms with van der Waals surface area (Å²) in [5, 5.41) is 6.60. The Morgan fingerprint density at radius 3 is 2.67 bits per heavy atom. The number of hydrogen-bond donors (Lipinski definition) is 1. The molecule has 0 fully saturated rings. The number of anilines is 1. The van der Waals surface area contributed by atoms with Gasteiger partial charge in [-0.2, -0.15) is 0 Å². The van der Waals surface area contributed by atoms with E-state index in [2.05, 4.69) is 48.3 Å². The lowest BCUT2D eigenvalue weighted by molar-refractivity contribution is 0.204. The molecule has 0 spiro atoms. The molecule has 0 saturated heterocycles. The maximum atomic E-state index is 5.15. The number of thiazole rings is 1. The van der Waals surface area contributed by atoms with Crippen molar-refractivity contribution in [3.63, 3.8) is 0 Å². The van der Waals surface area contributed by atoms with Crippen LogP contribution in [0.15, 0.2) is 5.38 Å². The first-order valence-electron chi connectivity index (χ1n) is 6.48. The Balaban J connectivity index is 2.62. The van der Waals surface area contributed by atoms with Gasteiger partial charge in [0, 0.05) is 37.7 Å². The summed E-state index contributed by atoms with van der Waals surface area (Å²) in [6.45, 7) is 11.1. The zero-order chi connectivity index (χ0) is 13.5. The van der Waals surface area contributed by atoms with Gasteiger partial charge in [0.25, 0.3) is 0 Å². The second-order valence-electron chi connectivity index (χ2n) is 4.94. The van der Waals surface area contributed by atoms with Crippen molar-refractivity contribution in [1.29, 1.82) is 0 Å². The largest absolute Gasteiger partial charge is 0.383 e. The van der Waals surface area contributed by atoms with E-state index in [-0.39, 0.29) is 0 Å². The van der Waals surface area contributed by atoms with Gasteiger partial charge >= 0.3 is 0 Å². The Labute approximate surface area is 114 Å². The summed E-state index contributed by atoms with van der Waals surface area (Å²) in [5.74, 6) is 0. The van der Waals surface area contributed by atoms with Crippen LogP contribution in [-0.2, 0) is 11.3 Å². The molecule has 0 radical (unpaired) electrons. The molecule has 0 amide bonds. The molecule has 0 atom stereocenters. The van der Waals surface area contributed by atoms with Crippen molar-refractivity contribution in [1.82, 2.24) is 10.3 Å². The van der Waals surface area contributed by atoms with Gasteiger partial charge in [-0.05, 0) is 13.8 Å². The smallest absolute Gasteiger partial charge is 0.185 e. The SMILES string of the molecule is COCCN(c1nc(CNC(C)C)cs1)C(C)C. The number of nitrogens with one attached hydrogen (secondary N) is 1. The highest BCUT2D eigenvalue weighted by Gasteiger charge is 2.14. The Kier molecular flexibility index (Phi) is 6.60. The molecular formula is C13H25N3OS. The van der Waals surface area contributed by atoms with Crippen LogP contribution in [-0.4, -0.2) is 37.3 Å². The highest BCUT2D eigenvalue weighted by molar-refractivity contribution is 7.13. The van der Waals surface area contributed by atoms with Crippen molar-refractivity contribution in [2.24, 2.45) is 0 Å². The van der Waals surface area contributed by atoms with Gasteiger partial charge in [0.05, 0.1) is 12.3 Å². The van der Waals surface area contributed by atoms with Crippen LogP contribution in [0.4, 0.5) is 5.13 Å². The predicted octanol–water partition coefficient (Wildman–Crippen LogP) is 2.50. The van der Waals surface area contributed by atoms with Gasteiger partial charge in [0.2, 0.25) is 0 Å². The summed E-state index contributed by atoms with van der Waals surface area (Å²) in [6, 6.07) is 0.932. The van der Waals surface area contributed by atoms with Gasteiger partial charge in [-0.15, -0.1) is 11.3 Å². The Bertz CT molecular complexity index is 339. The summed E-state index contributed by atoms with van der Waals surface area (Å²) in [4.78, 5) is 6.97. The molecule has 1 aromatic heterocycles. The number of ether oxygens (including phenoxy) is 1. The zero-order valence-corrected chi connectivity index (χ0v) is 12.9. The van der Waals surface area contributed by atoms with Gasteiger partial charge < -0.3 is 15.0 Å². The number of aromatic nitrogens is 1. The fraction of sp³-hybridized carbons (Fsp3) is 0.769. The highest BCUT2D eigenvalue weighted by Crippen LogP contribution is 2.22. The molecule has 104 valence electrons. The first kappa shape index (κ1) is 15.4. The van der Waals surface area contributed by atoms with Crippen LogP contribution in [0, 0.1) is 0 Å². The predicted molar refractivity (Wildman–Crippen MR) is 78.4 cm³/mol. The van der Waals surface area contributed by atoms with Crippen molar-refractivity contribution in [2.45, 2.75) is 46.3 Å². The summed E-state index contributed by atoms with van der Waals surface area (Å²) in [7, 11) is 1.73. The van der Waals surface area contributed by atoms with E-state index in [4.69, 9.17) is 4.74 Å². The number of methoxy groups -OCH3 is 1. The minimum atomic E-state index is 0.442. The van der Waals surface area contributed by atoms with Crippen LogP contribution in [0.2, 0.25) is 0 Å². The molecule has 0 unspecified atom stereocenters. The molecule has 0 aliphatic rings. The van der Waals surface area contributed by atoms with Crippen LogP contribution in [0.25, 0.3) is 0 Å². The van der Waals surface area contributed by atoms with Crippen molar-refractivity contribution in [2.75, 3.05) is 25.2 Å². The second kappa shape index (κ2) is 7.71. The average molecular weight is 271 g/mol. The van der Waals surface area contributed by atoms with E-state index in [0.29, 0.717) is 12.1 Å². The van der Waals surface area contributed by atoms with Crippen LogP contribution in [0.5, 0.6) is 0 Å². The van der Waals surface area contributed by atoms with Crippen LogP contribution < -0.4 is 10.2 Å². The van der Waals surface area contributed by atoms with Gasteiger partial charge in [-0.3, -0.25) is 0 Å². The van der Waals surface area contributed by atoms with Crippen LogP contribution in [0.1, 0.15) is 33.4 Å². The maximum absolute atomic E-state index is 5.15. The van der Waals surface area contributed by atoms with E-state index in [0.717, 1.165) is 30.5 Å². The van der Waals surface area contributed by atoms with Gasteiger partial charge in [-0.1, -0.05) is 13.8 Å². The summed E-state index contributed by atoms with van der Waals surface area (Å²) >= 11 is 1.71. The molecule has 1 heterocycles. The van der Waals surface area contributed by atoms with Gasteiger partial charge in [0.1, 0.15) is 0 Å². The molecular weight excluding hydrogens is 246 g/mol. The van der Waals surface area contributed by atoms with Crippen molar-refractivity contribution in [3.05, 3.63) is 11.1 Å². The summed E-state index contributed by atoms with van der Waals surface area (Å²) < 4.78 is 5.15. The third kappa shape index (κ3) is 4.92. The minimum absolute atomic E-state index is 0.442. The molecule has 1 rings (SSSR count). The Hall–Kier alpha value is -0.650. The van der Waals surface area contributed by atoms with Gasteiger partial charge in [0.15, 0.2) is 5.13 Å². The topological polar surface area (TPSA) is 37.4 Å². The fourth-order valence-electron chi connectivity index (χ4n) is 1.58. The monoisotopic (exact) mass is 271 g/mol. The third-order valence-electron chi connectivity index (χ3n) is 2.64. The van der Waals surface area contributed by atoms with E-state index >= 15 is 0 Å². The Morgan fingerprint density at radius 2 is 2.11 bits per heavy atom. The highest BCUT2D eigenvalue weighted by atomic mass is 32.1. The normalized spacial score (nSPS) is 11.5.